The zero-order valence-electron chi connectivity index (χ0n) is 12.9. The maximum atomic E-state index is 12.6. The van der Waals surface area contributed by atoms with Gasteiger partial charge in [0.1, 0.15) is 12.4 Å². The van der Waals surface area contributed by atoms with Crippen molar-refractivity contribution in [3.05, 3.63) is 41.1 Å². The Bertz CT molecular complexity index is 708. The molecule has 0 spiro atoms. The SMILES string of the molecule is COc1ccccc1C1NC(=O)N(CC2CC2)C2=C1C(=O)OC2. The Hall–Kier alpha value is -2.50. The van der Waals surface area contributed by atoms with Crippen molar-refractivity contribution in [2.45, 2.75) is 18.9 Å². The molecule has 1 saturated carbocycles. The number of para-hydroxylation sites is 1. The molecule has 1 aromatic rings. The van der Waals surface area contributed by atoms with Crippen LogP contribution in [0.4, 0.5) is 4.79 Å². The third-order valence-electron chi connectivity index (χ3n) is 4.59. The molecule has 1 atom stereocenters. The Kier molecular flexibility index (Phi) is 3.25. The van der Waals surface area contributed by atoms with Gasteiger partial charge in [-0.3, -0.25) is 4.90 Å². The molecule has 120 valence electrons. The number of carbonyl (C=O) groups excluding carboxylic acids is 2. The number of benzene rings is 1. The molecule has 0 saturated heterocycles. The van der Waals surface area contributed by atoms with E-state index in [0.717, 1.165) is 18.4 Å². The van der Waals surface area contributed by atoms with Gasteiger partial charge >= 0.3 is 12.0 Å². The number of ether oxygens (including phenoxy) is 2. The first-order valence-corrected chi connectivity index (χ1v) is 7.80. The summed E-state index contributed by atoms with van der Waals surface area (Å²) in [7, 11) is 1.57. The Morgan fingerprint density at radius 2 is 2.09 bits per heavy atom. The lowest BCUT2D eigenvalue weighted by molar-refractivity contribution is -0.136. The summed E-state index contributed by atoms with van der Waals surface area (Å²) < 4.78 is 10.6. The molecule has 0 radical (unpaired) electrons. The van der Waals surface area contributed by atoms with Crippen molar-refractivity contribution in [2.75, 3.05) is 20.3 Å². The molecule has 6 nitrogen and oxygen atoms in total. The molecule has 4 rings (SSSR count). The Labute approximate surface area is 134 Å². The predicted octanol–water partition coefficient (Wildman–Crippen LogP) is 1.98. The minimum Gasteiger partial charge on any atom is -0.496 e. The van der Waals surface area contributed by atoms with Gasteiger partial charge in [0, 0.05) is 12.1 Å². The number of cyclic esters (lactones) is 1. The summed E-state index contributed by atoms with van der Waals surface area (Å²) in [5.41, 5.74) is 1.98. The number of methoxy groups -OCH3 is 1. The Morgan fingerprint density at radius 3 is 2.83 bits per heavy atom. The molecular formula is C17H18N2O4. The second kappa shape index (κ2) is 5.30. The number of nitrogens with one attached hydrogen (secondary N) is 1. The summed E-state index contributed by atoms with van der Waals surface area (Å²) in [5.74, 6) is 0.810. The topological polar surface area (TPSA) is 67.9 Å². The van der Waals surface area contributed by atoms with E-state index in [2.05, 4.69) is 5.32 Å². The summed E-state index contributed by atoms with van der Waals surface area (Å²) >= 11 is 0. The molecule has 2 amide bonds. The second-order valence-electron chi connectivity index (χ2n) is 6.11. The zero-order chi connectivity index (χ0) is 16.0. The summed E-state index contributed by atoms with van der Waals surface area (Å²) in [5, 5.41) is 2.94. The largest absolute Gasteiger partial charge is 0.496 e. The summed E-state index contributed by atoms with van der Waals surface area (Å²) in [4.78, 5) is 26.5. The van der Waals surface area contributed by atoms with Crippen molar-refractivity contribution in [2.24, 2.45) is 5.92 Å². The first-order valence-electron chi connectivity index (χ1n) is 7.80. The number of carbonyl (C=O) groups is 2. The normalized spacial score (nSPS) is 23.5. The van der Waals surface area contributed by atoms with Gasteiger partial charge in [-0.05, 0) is 24.8 Å². The van der Waals surface area contributed by atoms with Gasteiger partial charge < -0.3 is 14.8 Å². The number of hydrogen-bond donors (Lipinski definition) is 1. The van der Waals surface area contributed by atoms with E-state index < -0.39 is 6.04 Å². The zero-order valence-corrected chi connectivity index (χ0v) is 12.9. The molecule has 1 aliphatic carbocycles. The van der Waals surface area contributed by atoms with E-state index in [1.165, 1.54) is 0 Å². The van der Waals surface area contributed by atoms with Crippen LogP contribution in [0.5, 0.6) is 5.75 Å². The smallest absolute Gasteiger partial charge is 0.338 e. The third-order valence-corrected chi connectivity index (χ3v) is 4.59. The number of urea groups is 1. The highest BCUT2D eigenvalue weighted by atomic mass is 16.5. The highest BCUT2D eigenvalue weighted by molar-refractivity contribution is 5.97. The maximum absolute atomic E-state index is 12.6. The average molecular weight is 314 g/mol. The van der Waals surface area contributed by atoms with E-state index in [1.807, 2.05) is 24.3 Å². The average Bonchev–Trinajstić information content (AvgIpc) is 3.31. The molecule has 1 aromatic carbocycles. The van der Waals surface area contributed by atoms with Crippen LogP contribution in [0, 0.1) is 5.92 Å². The fourth-order valence-corrected chi connectivity index (χ4v) is 3.20. The monoisotopic (exact) mass is 314 g/mol. The van der Waals surface area contributed by atoms with E-state index in [-0.39, 0.29) is 18.6 Å². The quantitative estimate of drug-likeness (QED) is 0.863. The molecule has 2 heterocycles. The van der Waals surface area contributed by atoms with E-state index in [9.17, 15) is 9.59 Å². The number of esters is 1. The van der Waals surface area contributed by atoms with Crippen LogP contribution >= 0.6 is 0 Å². The fraction of sp³-hybridized carbons (Fsp3) is 0.412. The van der Waals surface area contributed by atoms with E-state index in [0.29, 0.717) is 29.5 Å². The summed E-state index contributed by atoms with van der Waals surface area (Å²) in [6.07, 6.45) is 2.27. The van der Waals surface area contributed by atoms with Crippen molar-refractivity contribution in [1.29, 1.82) is 0 Å². The lowest BCUT2D eigenvalue weighted by atomic mass is 9.95. The van der Waals surface area contributed by atoms with Gasteiger partial charge in [-0.15, -0.1) is 0 Å². The van der Waals surface area contributed by atoms with Gasteiger partial charge in [0.15, 0.2) is 0 Å². The van der Waals surface area contributed by atoms with Crippen LogP contribution in [-0.2, 0) is 9.53 Å². The third kappa shape index (κ3) is 2.34. The molecule has 1 unspecified atom stereocenters. The van der Waals surface area contributed by atoms with E-state index in [4.69, 9.17) is 9.47 Å². The highest BCUT2D eigenvalue weighted by Gasteiger charge is 2.44. The van der Waals surface area contributed by atoms with Crippen LogP contribution in [0.15, 0.2) is 35.5 Å². The first kappa shape index (κ1) is 14.1. The first-order chi connectivity index (χ1) is 11.2. The Balaban J connectivity index is 1.77. The molecule has 6 heteroatoms. The second-order valence-corrected chi connectivity index (χ2v) is 6.11. The lowest BCUT2D eigenvalue weighted by Crippen LogP contribution is -2.48. The number of amides is 2. The van der Waals surface area contributed by atoms with Gasteiger partial charge in [-0.2, -0.15) is 0 Å². The molecule has 3 aliphatic rings. The molecule has 1 N–H and O–H groups in total. The molecule has 23 heavy (non-hydrogen) atoms. The summed E-state index contributed by atoms with van der Waals surface area (Å²) in [6, 6.07) is 6.69. The van der Waals surface area contributed by atoms with Gasteiger partial charge in [-0.25, -0.2) is 9.59 Å². The molecule has 1 fully saturated rings. The van der Waals surface area contributed by atoms with Crippen molar-refractivity contribution < 1.29 is 19.1 Å². The van der Waals surface area contributed by atoms with E-state index in [1.54, 1.807) is 12.0 Å². The fourth-order valence-electron chi connectivity index (χ4n) is 3.20. The van der Waals surface area contributed by atoms with Crippen LogP contribution in [0.2, 0.25) is 0 Å². The summed E-state index contributed by atoms with van der Waals surface area (Å²) in [6.45, 7) is 0.819. The van der Waals surface area contributed by atoms with Crippen molar-refractivity contribution in [3.63, 3.8) is 0 Å². The van der Waals surface area contributed by atoms with Crippen LogP contribution in [0.3, 0.4) is 0 Å². The van der Waals surface area contributed by atoms with Crippen molar-refractivity contribution >= 4 is 12.0 Å². The van der Waals surface area contributed by atoms with Crippen LogP contribution < -0.4 is 10.1 Å². The number of rotatable bonds is 4. The highest BCUT2D eigenvalue weighted by Crippen LogP contribution is 2.40. The number of hydrogen-bond acceptors (Lipinski definition) is 4. The van der Waals surface area contributed by atoms with Crippen molar-refractivity contribution in [1.82, 2.24) is 10.2 Å². The van der Waals surface area contributed by atoms with Crippen LogP contribution in [0.25, 0.3) is 0 Å². The van der Waals surface area contributed by atoms with Crippen LogP contribution in [-0.4, -0.2) is 37.2 Å². The molecule has 0 bridgehead atoms. The van der Waals surface area contributed by atoms with Gasteiger partial charge in [0.05, 0.1) is 24.4 Å². The van der Waals surface area contributed by atoms with Crippen molar-refractivity contribution in [3.8, 4) is 5.75 Å². The lowest BCUT2D eigenvalue weighted by Gasteiger charge is -2.33. The standard InChI is InChI=1S/C17H18N2O4/c1-22-13-5-3-2-4-11(13)15-14-12(9-23-16(14)20)19(17(21)18-15)8-10-6-7-10/h2-5,10,15H,6-9H2,1H3,(H,18,21). The van der Waals surface area contributed by atoms with Gasteiger partial charge in [0.2, 0.25) is 0 Å². The number of nitrogens with zero attached hydrogens (tertiary/aromatic N) is 1. The predicted molar refractivity (Wildman–Crippen MR) is 81.7 cm³/mol. The van der Waals surface area contributed by atoms with Crippen LogP contribution in [0.1, 0.15) is 24.4 Å². The minimum absolute atomic E-state index is 0.167. The van der Waals surface area contributed by atoms with Gasteiger partial charge in [0.25, 0.3) is 0 Å². The molecule has 2 aliphatic heterocycles. The minimum atomic E-state index is -0.529. The maximum Gasteiger partial charge on any atom is 0.338 e. The van der Waals surface area contributed by atoms with E-state index >= 15 is 0 Å². The van der Waals surface area contributed by atoms with Gasteiger partial charge in [-0.1, -0.05) is 18.2 Å². The molecule has 0 aromatic heterocycles. The molecular weight excluding hydrogens is 296 g/mol. The Morgan fingerprint density at radius 1 is 1.30 bits per heavy atom.